The zero-order chi connectivity index (χ0) is 14.3. The Labute approximate surface area is 115 Å². The van der Waals surface area contributed by atoms with E-state index < -0.39 is 11.9 Å². The first-order valence-corrected chi connectivity index (χ1v) is 6.56. The van der Waals surface area contributed by atoms with Crippen LogP contribution in [0.15, 0.2) is 24.3 Å². The number of hydrogen-bond acceptors (Lipinski definition) is 4. The van der Waals surface area contributed by atoms with Crippen LogP contribution in [-0.2, 0) is 20.8 Å². The monoisotopic (exact) mass is 271 g/mol. The van der Waals surface area contributed by atoms with E-state index in [1.807, 2.05) is 0 Å². The Balaban J connectivity index is 1.95. The maximum atomic E-state index is 12.4. The Bertz CT molecular complexity index is 635. The third kappa shape index (κ3) is 1.95. The first-order valence-electron chi connectivity index (χ1n) is 6.56. The van der Waals surface area contributed by atoms with Gasteiger partial charge in [0.25, 0.3) is 5.91 Å². The molecule has 0 bridgehead atoms. The molecule has 1 atom stereocenters. The summed E-state index contributed by atoms with van der Waals surface area (Å²) in [5.74, 6) is -1.24. The van der Waals surface area contributed by atoms with Crippen molar-refractivity contribution in [1.82, 2.24) is 4.90 Å². The lowest BCUT2D eigenvalue weighted by Gasteiger charge is -2.34. The molecule has 2 amide bonds. The van der Waals surface area contributed by atoms with Crippen LogP contribution in [0.4, 0.5) is 0 Å². The van der Waals surface area contributed by atoms with E-state index in [4.69, 9.17) is 0 Å². The normalized spacial score (nSPS) is 23.0. The van der Waals surface area contributed by atoms with E-state index in [0.717, 1.165) is 4.90 Å². The van der Waals surface area contributed by atoms with Gasteiger partial charge in [-0.3, -0.25) is 24.1 Å². The number of rotatable bonds is 1. The zero-order valence-electron chi connectivity index (χ0n) is 10.8. The minimum absolute atomic E-state index is 0.122. The molecule has 1 heterocycles. The highest BCUT2D eigenvalue weighted by Crippen LogP contribution is 2.26. The minimum atomic E-state index is -0.777. The van der Waals surface area contributed by atoms with Gasteiger partial charge in [-0.15, -0.1) is 0 Å². The van der Waals surface area contributed by atoms with Crippen molar-refractivity contribution in [3.05, 3.63) is 35.4 Å². The largest absolute Gasteiger partial charge is 0.299 e. The summed E-state index contributed by atoms with van der Waals surface area (Å²) in [4.78, 5) is 48.8. The summed E-state index contributed by atoms with van der Waals surface area (Å²) in [6.07, 6.45) is 0.440. The Morgan fingerprint density at radius 3 is 2.50 bits per heavy atom. The number of amides is 2. The Kier molecular flexibility index (Phi) is 2.97. The maximum absolute atomic E-state index is 12.4. The van der Waals surface area contributed by atoms with E-state index in [2.05, 4.69) is 0 Å². The van der Waals surface area contributed by atoms with Crippen LogP contribution in [0.1, 0.15) is 35.2 Å². The number of imide groups is 1. The predicted octanol–water partition coefficient (Wildman–Crippen LogP) is 0.902. The van der Waals surface area contributed by atoms with E-state index in [1.54, 1.807) is 24.3 Å². The number of carbonyl (C=O) groups is 4. The number of ketones is 2. The van der Waals surface area contributed by atoms with Crippen LogP contribution in [0.5, 0.6) is 0 Å². The number of fused-ring (bicyclic) bond motifs is 1. The fraction of sp³-hybridized carbons (Fsp3) is 0.333. The highest BCUT2D eigenvalue weighted by Gasteiger charge is 2.41. The second-order valence-electron chi connectivity index (χ2n) is 5.14. The number of nitrogens with zero attached hydrogens (tertiary/aromatic N) is 1. The van der Waals surface area contributed by atoms with E-state index in [-0.39, 0.29) is 43.2 Å². The fourth-order valence-electron chi connectivity index (χ4n) is 2.82. The van der Waals surface area contributed by atoms with Crippen molar-refractivity contribution in [2.24, 2.45) is 0 Å². The summed E-state index contributed by atoms with van der Waals surface area (Å²) in [7, 11) is 0. The molecule has 0 saturated heterocycles. The molecule has 0 unspecified atom stereocenters. The molecular formula is C15H13NO4. The van der Waals surface area contributed by atoms with Gasteiger partial charge in [-0.25, -0.2) is 0 Å². The van der Waals surface area contributed by atoms with Crippen molar-refractivity contribution in [1.29, 1.82) is 0 Å². The van der Waals surface area contributed by atoms with Crippen LogP contribution in [0, 0.1) is 0 Å². The lowest BCUT2D eigenvalue weighted by molar-refractivity contribution is -0.141. The molecular weight excluding hydrogens is 258 g/mol. The van der Waals surface area contributed by atoms with Gasteiger partial charge >= 0.3 is 0 Å². The van der Waals surface area contributed by atoms with Crippen LogP contribution in [0.2, 0.25) is 0 Å². The van der Waals surface area contributed by atoms with E-state index in [1.165, 1.54) is 0 Å². The lowest BCUT2D eigenvalue weighted by Crippen LogP contribution is -2.53. The molecule has 0 N–H and O–H groups in total. The number of Topliss-reactive ketones (excluding diaryl/α,β-unsaturated/α-hetero) is 2. The van der Waals surface area contributed by atoms with Crippen LogP contribution in [0.25, 0.3) is 0 Å². The molecule has 1 aliphatic heterocycles. The first kappa shape index (κ1) is 12.7. The summed E-state index contributed by atoms with van der Waals surface area (Å²) < 4.78 is 0. The Hall–Kier alpha value is -2.30. The van der Waals surface area contributed by atoms with Crippen molar-refractivity contribution in [3.63, 3.8) is 0 Å². The summed E-state index contributed by atoms with van der Waals surface area (Å²) >= 11 is 0. The number of benzene rings is 1. The highest BCUT2D eigenvalue weighted by atomic mass is 16.2. The fourth-order valence-corrected chi connectivity index (χ4v) is 2.82. The van der Waals surface area contributed by atoms with Gasteiger partial charge in [-0.1, -0.05) is 18.2 Å². The molecule has 2 aliphatic rings. The number of carbonyl (C=O) groups excluding carboxylic acids is 4. The topological polar surface area (TPSA) is 71.5 Å². The smallest absolute Gasteiger partial charge is 0.261 e. The van der Waals surface area contributed by atoms with Crippen molar-refractivity contribution >= 4 is 23.4 Å². The molecule has 1 aromatic rings. The third-order valence-electron chi connectivity index (χ3n) is 3.83. The summed E-state index contributed by atoms with van der Waals surface area (Å²) in [6.45, 7) is 0. The molecule has 0 radical (unpaired) electrons. The average molecular weight is 271 g/mol. The van der Waals surface area contributed by atoms with Crippen molar-refractivity contribution in [3.8, 4) is 0 Å². The molecule has 1 saturated carbocycles. The third-order valence-corrected chi connectivity index (χ3v) is 3.83. The van der Waals surface area contributed by atoms with Crippen LogP contribution in [-0.4, -0.2) is 34.3 Å². The van der Waals surface area contributed by atoms with E-state index >= 15 is 0 Å². The van der Waals surface area contributed by atoms with Crippen LogP contribution < -0.4 is 0 Å². The Morgan fingerprint density at radius 1 is 1.00 bits per heavy atom. The average Bonchev–Trinajstić information content (AvgIpc) is 2.41. The van der Waals surface area contributed by atoms with Crippen molar-refractivity contribution in [2.45, 2.75) is 31.7 Å². The molecule has 3 rings (SSSR count). The molecule has 102 valence electrons. The molecule has 1 fully saturated rings. The zero-order valence-corrected chi connectivity index (χ0v) is 10.8. The Morgan fingerprint density at radius 2 is 1.75 bits per heavy atom. The molecule has 5 heteroatoms. The summed E-state index contributed by atoms with van der Waals surface area (Å²) in [6, 6.07) is 6.14. The van der Waals surface area contributed by atoms with Gasteiger partial charge in [0.05, 0.1) is 18.9 Å². The van der Waals surface area contributed by atoms with E-state index in [9.17, 15) is 19.2 Å². The quantitative estimate of drug-likeness (QED) is 0.562. The maximum Gasteiger partial charge on any atom is 0.261 e. The second kappa shape index (κ2) is 4.67. The molecule has 0 spiro atoms. The van der Waals surface area contributed by atoms with Gasteiger partial charge < -0.3 is 0 Å². The van der Waals surface area contributed by atoms with E-state index in [0.29, 0.717) is 11.1 Å². The number of hydrogen-bond donors (Lipinski definition) is 0. The van der Waals surface area contributed by atoms with Crippen LogP contribution >= 0.6 is 0 Å². The molecule has 5 nitrogen and oxygen atoms in total. The highest BCUT2D eigenvalue weighted by molar-refractivity contribution is 6.14. The van der Waals surface area contributed by atoms with Crippen molar-refractivity contribution < 1.29 is 19.2 Å². The van der Waals surface area contributed by atoms with Gasteiger partial charge in [0.15, 0.2) is 5.78 Å². The van der Waals surface area contributed by atoms with Crippen LogP contribution in [0.3, 0.4) is 0 Å². The van der Waals surface area contributed by atoms with Gasteiger partial charge in [-0.2, -0.15) is 0 Å². The molecule has 1 aromatic carbocycles. The standard InChI is InChI=1S/C15H13NO4/c17-10-5-6-12(13(18)8-10)16-14(19)7-9-3-1-2-4-11(9)15(16)20/h1-4,12H,5-8H2/t12-/m1/s1. The summed E-state index contributed by atoms with van der Waals surface area (Å²) in [5, 5.41) is 0. The summed E-state index contributed by atoms with van der Waals surface area (Å²) in [5.41, 5.74) is 1.16. The van der Waals surface area contributed by atoms with Crippen molar-refractivity contribution in [2.75, 3.05) is 0 Å². The second-order valence-corrected chi connectivity index (χ2v) is 5.14. The SMILES string of the molecule is O=C1CC[C@@H](N2C(=O)Cc3ccccc3C2=O)C(=O)C1. The first-order chi connectivity index (χ1) is 9.58. The minimum Gasteiger partial charge on any atom is -0.299 e. The lowest BCUT2D eigenvalue weighted by atomic mass is 9.89. The van der Waals surface area contributed by atoms with Gasteiger partial charge in [0.1, 0.15) is 5.78 Å². The molecule has 1 aliphatic carbocycles. The van der Waals surface area contributed by atoms with Gasteiger partial charge in [0, 0.05) is 12.0 Å². The predicted molar refractivity (Wildman–Crippen MR) is 69.0 cm³/mol. The van der Waals surface area contributed by atoms with Gasteiger partial charge in [0.2, 0.25) is 5.91 Å². The van der Waals surface area contributed by atoms with Gasteiger partial charge in [-0.05, 0) is 18.1 Å². The molecule has 20 heavy (non-hydrogen) atoms. The molecule has 0 aromatic heterocycles.